The summed E-state index contributed by atoms with van der Waals surface area (Å²) in [6, 6.07) is 0. The second kappa shape index (κ2) is 5.64. The van der Waals surface area contributed by atoms with Gasteiger partial charge in [-0.05, 0) is 17.8 Å². The van der Waals surface area contributed by atoms with Crippen molar-refractivity contribution in [1.29, 1.82) is 0 Å². The van der Waals surface area contributed by atoms with E-state index < -0.39 is 0 Å². The predicted octanol–water partition coefficient (Wildman–Crippen LogP) is 3.61. The lowest BCUT2D eigenvalue weighted by Crippen LogP contribution is -2.25. The van der Waals surface area contributed by atoms with E-state index in [2.05, 4.69) is 34.6 Å². The van der Waals surface area contributed by atoms with Gasteiger partial charge in [-0.15, -0.1) is 0 Å². The van der Waals surface area contributed by atoms with Crippen molar-refractivity contribution in [2.24, 2.45) is 11.3 Å². The zero-order valence-corrected chi connectivity index (χ0v) is 9.93. The van der Waals surface area contributed by atoms with Crippen molar-refractivity contribution in [2.45, 2.75) is 66.4 Å². The summed E-state index contributed by atoms with van der Waals surface area (Å²) in [5, 5.41) is 9.75. The van der Waals surface area contributed by atoms with Crippen LogP contribution in [0.5, 0.6) is 0 Å². The molecular formula is C12H26O. The van der Waals surface area contributed by atoms with Gasteiger partial charge < -0.3 is 5.11 Å². The second-order valence-corrected chi connectivity index (χ2v) is 5.56. The zero-order valence-electron chi connectivity index (χ0n) is 9.93. The second-order valence-electron chi connectivity index (χ2n) is 5.56. The summed E-state index contributed by atoms with van der Waals surface area (Å²) in [4.78, 5) is 0. The number of unbranched alkanes of at least 4 members (excludes halogenated alkanes) is 1. The van der Waals surface area contributed by atoms with Crippen LogP contribution in [0.2, 0.25) is 0 Å². The minimum atomic E-state index is -0.139. The van der Waals surface area contributed by atoms with Gasteiger partial charge in [0.2, 0.25) is 0 Å². The summed E-state index contributed by atoms with van der Waals surface area (Å²) in [5.74, 6) is 0.798. The highest BCUT2D eigenvalue weighted by molar-refractivity contribution is 4.72. The van der Waals surface area contributed by atoms with Crippen LogP contribution in [-0.4, -0.2) is 11.2 Å². The molecule has 0 aliphatic carbocycles. The fourth-order valence-electron chi connectivity index (χ4n) is 1.32. The minimum absolute atomic E-state index is 0.0534. The van der Waals surface area contributed by atoms with Crippen LogP contribution in [0.4, 0.5) is 0 Å². The summed E-state index contributed by atoms with van der Waals surface area (Å²) >= 11 is 0. The lowest BCUT2D eigenvalue weighted by atomic mass is 9.86. The minimum Gasteiger partial charge on any atom is -0.393 e. The Hall–Kier alpha value is -0.0400. The largest absolute Gasteiger partial charge is 0.393 e. The van der Waals surface area contributed by atoms with Crippen LogP contribution in [0.25, 0.3) is 0 Å². The molecule has 0 amide bonds. The molecule has 80 valence electrons. The van der Waals surface area contributed by atoms with Crippen LogP contribution in [0.3, 0.4) is 0 Å². The highest BCUT2D eigenvalue weighted by atomic mass is 16.3. The van der Waals surface area contributed by atoms with Crippen LogP contribution >= 0.6 is 0 Å². The molecule has 1 heteroatoms. The number of aliphatic hydroxyl groups excluding tert-OH is 1. The van der Waals surface area contributed by atoms with Gasteiger partial charge in [-0.3, -0.25) is 0 Å². The third kappa shape index (κ3) is 7.06. The fraction of sp³-hybridized carbons (Fsp3) is 1.00. The maximum atomic E-state index is 9.75. The molecule has 0 aromatic heterocycles. The molecule has 0 heterocycles. The maximum Gasteiger partial charge on any atom is 0.0588 e. The van der Waals surface area contributed by atoms with Gasteiger partial charge in [0.25, 0.3) is 0 Å². The van der Waals surface area contributed by atoms with Gasteiger partial charge in [0.1, 0.15) is 0 Å². The Labute approximate surface area is 83.5 Å². The molecule has 0 fully saturated rings. The van der Waals surface area contributed by atoms with Crippen molar-refractivity contribution in [3.05, 3.63) is 0 Å². The van der Waals surface area contributed by atoms with Crippen LogP contribution in [0, 0.1) is 11.3 Å². The van der Waals surface area contributed by atoms with Crippen molar-refractivity contribution in [3.8, 4) is 0 Å². The standard InChI is InChI=1S/C12H26O/c1-10(2)8-6-7-9-11(13)12(3,4)5/h10-11,13H,6-9H2,1-5H3. The van der Waals surface area contributed by atoms with Gasteiger partial charge in [-0.25, -0.2) is 0 Å². The van der Waals surface area contributed by atoms with E-state index >= 15 is 0 Å². The highest BCUT2D eigenvalue weighted by Crippen LogP contribution is 2.23. The van der Waals surface area contributed by atoms with Gasteiger partial charge >= 0.3 is 0 Å². The van der Waals surface area contributed by atoms with E-state index in [4.69, 9.17) is 0 Å². The van der Waals surface area contributed by atoms with Crippen molar-refractivity contribution < 1.29 is 5.11 Å². The normalized spacial score (nSPS) is 15.0. The average Bonchev–Trinajstić information content (AvgIpc) is 1.95. The Bertz CT molecular complexity index is 122. The molecule has 0 saturated heterocycles. The van der Waals surface area contributed by atoms with Gasteiger partial charge in [0.05, 0.1) is 6.10 Å². The Balaban J connectivity index is 3.43. The molecule has 0 aromatic carbocycles. The Morgan fingerprint density at radius 1 is 1.00 bits per heavy atom. The summed E-state index contributed by atoms with van der Waals surface area (Å²) < 4.78 is 0. The van der Waals surface area contributed by atoms with Crippen LogP contribution < -0.4 is 0 Å². The first-order valence-corrected chi connectivity index (χ1v) is 5.52. The van der Waals surface area contributed by atoms with Gasteiger partial charge in [0.15, 0.2) is 0 Å². The van der Waals surface area contributed by atoms with E-state index in [1.54, 1.807) is 0 Å². The van der Waals surface area contributed by atoms with E-state index in [1.807, 2.05) is 0 Å². The van der Waals surface area contributed by atoms with Gasteiger partial charge in [0, 0.05) is 0 Å². The van der Waals surface area contributed by atoms with Crippen molar-refractivity contribution in [3.63, 3.8) is 0 Å². The summed E-state index contributed by atoms with van der Waals surface area (Å²) in [6.07, 6.45) is 4.52. The van der Waals surface area contributed by atoms with Crippen LogP contribution in [0.15, 0.2) is 0 Å². The SMILES string of the molecule is CC(C)CCCCC(O)C(C)(C)C. The monoisotopic (exact) mass is 186 g/mol. The highest BCUT2D eigenvalue weighted by Gasteiger charge is 2.20. The van der Waals surface area contributed by atoms with E-state index in [0.29, 0.717) is 0 Å². The van der Waals surface area contributed by atoms with Gasteiger partial charge in [-0.1, -0.05) is 53.9 Å². The Morgan fingerprint density at radius 2 is 1.46 bits per heavy atom. The molecule has 0 rings (SSSR count). The number of hydrogen-bond donors (Lipinski definition) is 1. The fourth-order valence-corrected chi connectivity index (χ4v) is 1.32. The molecule has 0 aliphatic heterocycles. The molecule has 1 nitrogen and oxygen atoms in total. The van der Waals surface area contributed by atoms with Crippen molar-refractivity contribution >= 4 is 0 Å². The van der Waals surface area contributed by atoms with E-state index in [0.717, 1.165) is 18.8 Å². The first kappa shape index (κ1) is 13.0. The van der Waals surface area contributed by atoms with E-state index in [9.17, 15) is 5.11 Å². The first-order chi connectivity index (χ1) is 5.84. The van der Waals surface area contributed by atoms with Gasteiger partial charge in [-0.2, -0.15) is 0 Å². The maximum absolute atomic E-state index is 9.75. The van der Waals surface area contributed by atoms with Crippen molar-refractivity contribution in [2.75, 3.05) is 0 Å². The lowest BCUT2D eigenvalue weighted by molar-refractivity contribution is 0.0532. The third-order valence-electron chi connectivity index (χ3n) is 2.51. The molecule has 0 saturated carbocycles. The van der Waals surface area contributed by atoms with E-state index in [-0.39, 0.29) is 11.5 Å². The molecule has 0 aromatic rings. The lowest BCUT2D eigenvalue weighted by Gasteiger charge is -2.25. The predicted molar refractivity (Wildman–Crippen MR) is 58.8 cm³/mol. The molecule has 1 atom stereocenters. The molecule has 13 heavy (non-hydrogen) atoms. The molecule has 1 N–H and O–H groups in total. The first-order valence-electron chi connectivity index (χ1n) is 5.52. The topological polar surface area (TPSA) is 20.2 Å². The molecule has 0 radical (unpaired) electrons. The van der Waals surface area contributed by atoms with E-state index in [1.165, 1.54) is 12.8 Å². The van der Waals surface area contributed by atoms with Crippen LogP contribution in [0.1, 0.15) is 60.3 Å². The molecule has 0 aliphatic rings. The third-order valence-corrected chi connectivity index (χ3v) is 2.51. The Morgan fingerprint density at radius 3 is 1.85 bits per heavy atom. The average molecular weight is 186 g/mol. The zero-order chi connectivity index (χ0) is 10.5. The number of hydrogen-bond acceptors (Lipinski definition) is 1. The Kier molecular flexibility index (Phi) is 5.62. The van der Waals surface area contributed by atoms with Crippen molar-refractivity contribution in [1.82, 2.24) is 0 Å². The molecule has 1 unspecified atom stereocenters. The number of rotatable bonds is 5. The molecule has 0 spiro atoms. The molecule has 0 bridgehead atoms. The molecular weight excluding hydrogens is 160 g/mol. The quantitative estimate of drug-likeness (QED) is 0.650. The summed E-state index contributed by atoms with van der Waals surface area (Å²) in [7, 11) is 0. The smallest absolute Gasteiger partial charge is 0.0588 e. The summed E-state index contributed by atoms with van der Waals surface area (Å²) in [5.41, 5.74) is 0.0534. The number of aliphatic hydroxyl groups is 1. The summed E-state index contributed by atoms with van der Waals surface area (Å²) in [6.45, 7) is 10.8. The van der Waals surface area contributed by atoms with Crippen LogP contribution in [-0.2, 0) is 0 Å².